The number of rotatable bonds is 4. The van der Waals surface area contributed by atoms with E-state index < -0.39 is 6.04 Å². The van der Waals surface area contributed by atoms with Gasteiger partial charge in [0.25, 0.3) is 0 Å². The van der Waals surface area contributed by atoms with Crippen LogP contribution in [0.4, 0.5) is 0 Å². The van der Waals surface area contributed by atoms with Gasteiger partial charge in [-0.25, -0.2) is 14.3 Å². The van der Waals surface area contributed by atoms with E-state index in [4.69, 9.17) is 4.74 Å². The standard InChI is InChI=1S/C18H23N3O3/c1-4-24-17(22)16-13(3)7-10-15-19-20(18(23)21(15)16)11-14-8-5-12(2)6-9-14/h5-6,8-9,13,16H,4,7,10-11H2,1-3H3/t13-,16-/m1/s1. The van der Waals surface area contributed by atoms with Crippen LogP contribution >= 0.6 is 0 Å². The van der Waals surface area contributed by atoms with Gasteiger partial charge in [-0.05, 0) is 31.7 Å². The molecule has 0 fully saturated rings. The second kappa shape index (κ2) is 6.63. The summed E-state index contributed by atoms with van der Waals surface area (Å²) in [5.41, 5.74) is 1.94. The minimum Gasteiger partial charge on any atom is -0.464 e. The summed E-state index contributed by atoms with van der Waals surface area (Å²) in [5, 5.41) is 4.45. The van der Waals surface area contributed by atoms with E-state index in [1.165, 1.54) is 14.8 Å². The first-order valence-electron chi connectivity index (χ1n) is 8.41. The number of ether oxygens (including phenoxy) is 1. The summed E-state index contributed by atoms with van der Waals surface area (Å²) in [6.07, 6.45) is 1.53. The smallest absolute Gasteiger partial charge is 0.347 e. The maximum absolute atomic E-state index is 12.8. The number of esters is 1. The molecule has 0 aliphatic carbocycles. The van der Waals surface area contributed by atoms with Crippen molar-refractivity contribution in [3.63, 3.8) is 0 Å². The molecule has 1 aliphatic heterocycles. The van der Waals surface area contributed by atoms with E-state index in [-0.39, 0.29) is 17.6 Å². The first kappa shape index (κ1) is 16.5. The molecule has 24 heavy (non-hydrogen) atoms. The van der Waals surface area contributed by atoms with Crippen LogP contribution in [0.3, 0.4) is 0 Å². The normalized spacial score (nSPS) is 19.8. The summed E-state index contributed by atoms with van der Waals surface area (Å²) in [4.78, 5) is 25.1. The molecule has 1 aromatic heterocycles. The first-order valence-corrected chi connectivity index (χ1v) is 8.41. The summed E-state index contributed by atoms with van der Waals surface area (Å²) >= 11 is 0. The second-order valence-corrected chi connectivity index (χ2v) is 6.42. The summed E-state index contributed by atoms with van der Waals surface area (Å²) < 4.78 is 8.15. The van der Waals surface area contributed by atoms with Crippen LogP contribution in [0.15, 0.2) is 29.1 Å². The van der Waals surface area contributed by atoms with E-state index >= 15 is 0 Å². The molecule has 6 heteroatoms. The SMILES string of the molecule is CCOC(=O)[C@H]1[C@H](C)CCc2nn(Cc3ccc(C)cc3)c(=O)n21. The third kappa shape index (κ3) is 3.00. The van der Waals surface area contributed by atoms with E-state index in [1.54, 1.807) is 6.92 Å². The van der Waals surface area contributed by atoms with Gasteiger partial charge in [-0.15, -0.1) is 0 Å². The Bertz CT molecular complexity index is 789. The molecule has 2 atom stereocenters. The van der Waals surface area contributed by atoms with E-state index in [1.807, 2.05) is 38.1 Å². The minimum atomic E-state index is -0.576. The molecule has 0 saturated heterocycles. The fraction of sp³-hybridized carbons (Fsp3) is 0.500. The highest BCUT2D eigenvalue weighted by Gasteiger charge is 2.36. The van der Waals surface area contributed by atoms with Gasteiger partial charge in [0.05, 0.1) is 13.2 Å². The van der Waals surface area contributed by atoms with Crippen molar-refractivity contribution in [1.82, 2.24) is 14.3 Å². The Kier molecular flexibility index (Phi) is 4.55. The van der Waals surface area contributed by atoms with Gasteiger partial charge in [-0.2, -0.15) is 5.10 Å². The molecule has 2 heterocycles. The minimum absolute atomic E-state index is 0.0614. The monoisotopic (exact) mass is 329 g/mol. The van der Waals surface area contributed by atoms with Crippen molar-refractivity contribution in [3.8, 4) is 0 Å². The van der Waals surface area contributed by atoms with Crippen LogP contribution in [0.2, 0.25) is 0 Å². The number of hydrogen-bond acceptors (Lipinski definition) is 4. The van der Waals surface area contributed by atoms with Gasteiger partial charge in [0.2, 0.25) is 0 Å². The number of benzene rings is 1. The molecular formula is C18H23N3O3. The lowest BCUT2D eigenvalue weighted by Gasteiger charge is -2.27. The molecule has 6 nitrogen and oxygen atoms in total. The molecule has 1 aliphatic rings. The van der Waals surface area contributed by atoms with Gasteiger partial charge >= 0.3 is 11.7 Å². The van der Waals surface area contributed by atoms with Gasteiger partial charge in [0, 0.05) is 6.42 Å². The molecule has 0 bridgehead atoms. The fourth-order valence-electron chi connectivity index (χ4n) is 3.22. The predicted molar refractivity (Wildman–Crippen MR) is 89.9 cm³/mol. The van der Waals surface area contributed by atoms with E-state index in [0.29, 0.717) is 25.4 Å². The van der Waals surface area contributed by atoms with Crippen molar-refractivity contribution < 1.29 is 9.53 Å². The maximum atomic E-state index is 12.8. The second-order valence-electron chi connectivity index (χ2n) is 6.42. The molecule has 3 rings (SSSR count). The van der Waals surface area contributed by atoms with E-state index in [0.717, 1.165) is 12.0 Å². The Balaban J connectivity index is 1.95. The van der Waals surface area contributed by atoms with Crippen LogP contribution in [0.1, 0.15) is 43.3 Å². The molecule has 0 radical (unpaired) electrons. The highest BCUT2D eigenvalue weighted by atomic mass is 16.5. The van der Waals surface area contributed by atoms with Crippen LogP contribution < -0.4 is 5.69 Å². The topological polar surface area (TPSA) is 66.1 Å². The molecule has 0 N–H and O–H groups in total. The van der Waals surface area contributed by atoms with Crippen molar-refractivity contribution in [1.29, 1.82) is 0 Å². The van der Waals surface area contributed by atoms with Gasteiger partial charge in [0.1, 0.15) is 11.9 Å². The number of aromatic nitrogens is 3. The molecule has 1 aromatic carbocycles. The number of hydrogen-bond donors (Lipinski definition) is 0. The molecule has 0 amide bonds. The lowest BCUT2D eigenvalue weighted by molar-refractivity contribution is -0.149. The van der Waals surface area contributed by atoms with Gasteiger partial charge < -0.3 is 4.74 Å². The first-order chi connectivity index (χ1) is 11.5. The zero-order valence-electron chi connectivity index (χ0n) is 14.4. The van der Waals surface area contributed by atoms with E-state index in [9.17, 15) is 9.59 Å². The van der Waals surface area contributed by atoms with Crippen molar-refractivity contribution in [3.05, 3.63) is 51.7 Å². The Morgan fingerprint density at radius 2 is 2.04 bits per heavy atom. The maximum Gasteiger partial charge on any atom is 0.347 e. The van der Waals surface area contributed by atoms with Crippen molar-refractivity contribution in [2.75, 3.05) is 6.61 Å². The van der Waals surface area contributed by atoms with Gasteiger partial charge in [0.15, 0.2) is 0 Å². The lowest BCUT2D eigenvalue weighted by atomic mass is 9.92. The lowest BCUT2D eigenvalue weighted by Crippen LogP contribution is -2.39. The summed E-state index contributed by atoms with van der Waals surface area (Å²) in [7, 11) is 0. The fourth-order valence-corrected chi connectivity index (χ4v) is 3.22. The number of carbonyl (C=O) groups is 1. The largest absolute Gasteiger partial charge is 0.464 e. The van der Waals surface area contributed by atoms with Crippen LogP contribution in [0, 0.1) is 12.8 Å². The highest BCUT2D eigenvalue weighted by Crippen LogP contribution is 2.29. The predicted octanol–water partition coefficient (Wildman–Crippen LogP) is 2.09. The van der Waals surface area contributed by atoms with Crippen LogP contribution in [0.5, 0.6) is 0 Å². The zero-order chi connectivity index (χ0) is 17.3. The van der Waals surface area contributed by atoms with Gasteiger partial charge in [-0.3, -0.25) is 4.57 Å². The van der Waals surface area contributed by atoms with E-state index in [2.05, 4.69) is 5.10 Å². The average molecular weight is 329 g/mol. The molecule has 128 valence electrons. The molecule has 0 saturated carbocycles. The van der Waals surface area contributed by atoms with Crippen molar-refractivity contribution in [2.45, 2.75) is 46.2 Å². The Hall–Kier alpha value is -2.37. The number of nitrogens with zero attached hydrogens (tertiary/aromatic N) is 3. The van der Waals surface area contributed by atoms with Crippen LogP contribution in [-0.4, -0.2) is 26.9 Å². The number of fused-ring (bicyclic) bond motifs is 1. The van der Waals surface area contributed by atoms with Crippen molar-refractivity contribution >= 4 is 5.97 Å². The molecule has 0 unspecified atom stereocenters. The zero-order valence-corrected chi connectivity index (χ0v) is 14.4. The van der Waals surface area contributed by atoms with Crippen LogP contribution in [-0.2, 0) is 22.5 Å². The molecular weight excluding hydrogens is 306 g/mol. The van der Waals surface area contributed by atoms with Gasteiger partial charge in [-0.1, -0.05) is 36.8 Å². The Labute approximate surface area is 141 Å². The highest BCUT2D eigenvalue weighted by molar-refractivity contribution is 5.74. The summed E-state index contributed by atoms with van der Waals surface area (Å²) in [6, 6.07) is 7.43. The van der Waals surface area contributed by atoms with Crippen LogP contribution in [0.25, 0.3) is 0 Å². The van der Waals surface area contributed by atoms with Crippen molar-refractivity contribution in [2.24, 2.45) is 5.92 Å². The number of aryl methyl sites for hydroxylation is 2. The quantitative estimate of drug-likeness (QED) is 0.806. The molecule has 2 aromatic rings. The third-order valence-electron chi connectivity index (χ3n) is 4.56. The summed E-state index contributed by atoms with van der Waals surface area (Å²) in [6.45, 7) is 6.49. The average Bonchev–Trinajstić information content (AvgIpc) is 2.86. The summed E-state index contributed by atoms with van der Waals surface area (Å²) in [5.74, 6) is 0.387. The third-order valence-corrected chi connectivity index (χ3v) is 4.56. The number of carbonyl (C=O) groups excluding carboxylic acids is 1. The Morgan fingerprint density at radius 1 is 1.33 bits per heavy atom. The Morgan fingerprint density at radius 3 is 2.71 bits per heavy atom. The molecule has 0 spiro atoms.